The van der Waals surface area contributed by atoms with E-state index in [1.54, 1.807) is 6.33 Å². The zero-order valence-electron chi connectivity index (χ0n) is 33.4. The Kier molecular flexibility index (Phi) is 11.1. The van der Waals surface area contributed by atoms with Crippen LogP contribution in [0, 0.1) is 5.82 Å². The fourth-order valence-corrected chi connectivity index (χ4v) is 7.78. The van der Waals surface area contributed by atoms with Crippen molar-refractivity contribution in [2.45, 2.75) is 24.9 Å². The van der Waals surface area contributed by atoms with Crippen LogP contribution in [0.3, 0.4) is 0 Å². The summed E-state index contributed by atoms with van der Waals surface area (Å²) in [6, 6.07) is 34.7. The second-order valence-corrected chi connectivity index (χ2v) is 14.2. The van der Waals surface area contributed by atoms with Crippen LogP contribution in [0.15, 0.2) is 145 Å². The number of aromatic nitrogens is 6. The summed E-state index contributed by atoms with van der Waals surface area (Å²) in [4.78, 5) is 30.8. The van der Waals surface area contributed by atoms with Gasteiger partial charge < -0.3 is 19.5 Å². The molecule has 1 amide bonds. The molecule has 0 saturated heterocycles. The smallest absolute Gasteiger partial charge is 0.416 e. The maximum Gasteiger partial charge on any atom is 0.416 e. The lowest BCUT2D eigenvalue weighted by Crippen LogP contribution is -2.38. The number of aryl methyl sites for hydroxylation is 1. The lowest BCUT2D eigenvalue weighted by atomic mass is 9.76. The lowest BCUT2D eigenvalue weighted by Gasteiger charge is -2.38. The molecular weight excluding hydrogens is 807 g/mol. The molecule has 0 bridgehead atoms. The average Bonchev–Trinajstić information content (AvgIpc) is 3.85. The van der Waals surface area contributed by atoms with E-state index in [9.17, 15) is 22.8 Å². The third kappa shape index (κ3) is 7.50. The molecule has 0 atom stereocenters. The number of anilines is 1. The molecule has 0 aliphatic heterocycles. The number of pyridine rings is 1. The van der Waals surface area contributed by atoms with Crippen molar-refractivity contribution in [1.29, 1.82) is 0 Å². The van der Waals surface area contributed by atoms with Crippen LogP contribution in [0.5, 0.6) is 17.2 Å². The van der Waals surface area contributed by atoms with Crippen LogP contribution in [-0.2, 0) is 36.7 Å². The van der Waals surface area contributed by atoms with Crippen LogP contribution in [0.1, 0.15) is 28.1 Å². The van der Waals surface area contributed by atoms with Gasteiger partial charge in [0.05, 0.1) is 48.9 Å². The minimum atomic E-state index is -4.88. The Bertz CT molecular complexity index is 2860. The number of carbonyl (C=O) groups excluding carboxylic acids is 1. The number of benzene rings is 5. The predicted octanol–water partition coefficient (Wildman–Crippen LogP) is 8.23. The molecule has 0 aliphatic carbocycles. The standard InChI is InChI=1S/C46H37F4N7O5/c1-55-42-36(21-33(46(48,49)50)22-38(42)56(44(55)59)26-41(58)53-34-23-35(60-2)25-51-24-34)29-19-37(47)43(39(20-29)61-3)62-27-40-54-52-28-57(40)45(30-13-7-4-8-14-30,31-15-9-5-10-16-31)32-17-11-6-12-18-32/h4-25,28H,26-27H2,1-3H3,(H,53,58). The van der Waals surface area contributed by atoms with Gasteiger partial charge >= 0.3 is 11.9 Å². The maximum absolute atomic E-state index is 16.5. The lowest BCUT2D eigenvalue weighted by molar-refractivity contribution is -0.137. The summed E-state index contributed by atoms with van der Waals surface area (Å²) in [7, 11) is 4.03. The van der Waals surface area contributed by atoms with E-state index in [0.717, 1.165) is 44.0 Å². The van der Waals surface area contributed by atoms with Gasteiger partial charge in [0.25, 0.3) is 0 Å². The van der Waals surface area contributed by atoms with E-state index in [2.05, 4.69) is 20.5 Å². The first-order chi connectivity index (χ1) is 29.9. The van der Waals surface area contributed by atoms with Gasteiger partial charge in [0.1, 0.15) is 30.8 Å². The van der Waals surface area contributed by atoms with E-state index in [-0.39, 0.29) is 46.0 Å². The van der Waals surface area contributed by atoms with E-state index in [0.29, 0.717) is 11.6 Å². The first kappa shape index (κ1) is 41.0. The quantitative estimate of drug-likeness (QED) is 0.0909. The molecule has 1 N–H and O–H groups in total. The normalized spacial score (nSPS) is 11.7. The highest BCUT2D eigenvalue weighted by Crippen LogP contribution is 2.43. The number of amides is 1. The summed E-state index contributed by atoms with van der Waals surface area (Å²) in [5.41, 5.74) is -0.414. The molecule has 0 spiro atoms. The van der Waals surface area contributed by atoms with Gasteiger partial charge in [0, 0.05) is 18.7 Å². The van der Waals surface area contributed by atoms with E-state index >= 15 is 4.39 Å². The van der Waals surface area contributed by atoms with Gasteiger partial charge in [-0.1, -0.05) is 91.0 Å². The molecule has 8 rings (SSSR count). The van der Waals surface area contributed by atoms with Crippen molar-refractivity contribution in [1.82, 2.24) is 28.9 Å². The summed E-state index contributed by atoms with van der Waals surface area (Å²) in [6.45, 7) is -0.955. The van der Waals surface area contributed by atoms with Gasteiger partial charge in [0.15, 0.2) is 23.1 Å². The second-order valence-electron chi connectivity index (χ2n) is 14.2. The van der Waals surface area contributed by atoms with Crippen LogP contribution in [0.25, 0.3) is 22.2 Å². The Balaban J connectivity index is 1.18. The Hall–Kier alpha value is -7.75. The number of fused-ring (bicyclic) bond motifs is 1. The van der Waals surface area contributed by atoms with Crippen molar-refractivity contribution < 1.29 is 36.6 Å². The monoisotopic (exact) mass is 843 g/mol. The molecule has 16 heteroatoms. The zero-order valence-corrected chi connectivity index (χ0v) is 33.4. The van der Waals surface area contributed by atoms with Gasteiger partial charge in [0.2, 0.25) is 5.91 Å². The molecule has 3 heterocycles. The van der Waals surface area contributed by atoms with Crippen LogP contribution in [0.4, 0.5) is 23.2 Å². The first-order valence-corrected chi connectivity index (χ1v) is 19.1. The van der Waals surface area contributed by atoms with Gasteiger partial charge in [-0.05, 0) is 46.5 Å². The zero-order chi connectivity index (χ0) is 43.6. The number of hydrogen-bond acceptors (Lipinski definition) is 8. The molecule has 62 heavy (non-hydrogen) atoms. The molecule has 314 valence electrons. The number of nitrogens with one attached hydrogen (secondary N) is 1. The van der Waals surface area contributed by atoms with Crippen molar-refractivity contribution in [2.24, 2.45) is 7.05 Å². The molecule has 8 aromatic rings. The number of nitrogens with zero attached hydrogens (tertiary/aromatic N) is 6. The summed E-state index contributed by atoms with van der Waals surface area (Å²) in [5.74, 6) is -1.50. The second kappa shape index (κ2) is 16.7. The Morgan fingerprint density at radius 3 is 2.00 bits per heavy atom. The van der Waals surface area contributed by atoms with Crippen molar-refractivity contribution in [3.63, 3.8) is 0 Å². The first-order valence-electron chi connectivity index (χ1n) is 19.1. The molecule has 5 aromatic carbocycles. The van der Waals surface area contributed by atoms with Crippen molar-refractivity contribution in [3.8, 4) is 28.4 Å². The fourth-order valence-electron chi connectivity index (χ4n) is 7.78. The Labute approximate surface area is 351 Å². The van der Waals surface area contributed by atoms with E-state index < -0.39 is 41.2 Å². The van der Waals surface area contributed by atoms with Crippen LogP contribution in [0.2, 0.25) is 0 Å². The van der Waals surface area contributed by atoms with Gasteiger partial charge in [-0.2, -0.15) is 13.2 Å². The summed E-state index contributed by atoms with van der Waals surface area (Å²) >= 11 is 0. The van der Waals surface area contributed by atoms with Crippen LogP contribution >= 0.6 is 0 Å². The average molecular weight is 844 g/mol. The fraction of sp³-hybridized carbons (Fsp3) is 0.152. The van der Waals surface area contributed by atoms with Crippen molar-refractivity contribution in [2.75, 3.05) is 19.5 Å². The summed E-state index contributed by atoms with van der Waals surface area (Å²) in [6.07, 6.45) is -0.537. The number of carbonyl (C=O) groups is 1. The summed E-state index contributed by atoms with van der Waals surface area (Å²) in [5, 5.41) is 11.3. The third-order valence-corrected chi connectivity index (χ3v) is 10.5. The predicted molar refractivity (Wildman–Crippen MR) is 223 cm³/mol. The highest BCUT2D eigenvalue weighted by atomic mass is 19.4. The molecule has 0 saturated carbocycles. The molecule has 12 nitrogen and oxygen atoms in total. The number of hydrogen-bond donors (Lipinski definition) is 1. The molecular formula is C46H37F4N7O5. The van der Waals surface area contributed by atoms with Crippen molar-refractivity contribution >= 4 is 22.6 Å². The van der Waals surface area contributed by atoms with E-state index in [1.165, 1.54) is 45.8 Å². The van der Waals surface area contributed by atoms with E-state index in [4.69, 9.17) is 14.2 Å². The SMILES string of the molecule is COc1cncc(NC(=O)Cn2c(=O)n(C)c3c(-c4cc(F)c(OCc5nncn5C(c5ccccc5)(c5ccccc5)c5ccccc5)c(OC)c4)cc(C(F)(F)F)cc32)c1. The van der Waals surface area contributed by atoms with Gasteiger partial charge in [-0.3, -0.25) is 23.5 Å². The number of halogens is 4. The Morgan fingerprint density at radius 2 is 1.42 bits per heavy atom. The van der Waals surface area contributed by atoms with E-state index in [1.807, 2.05) is 95.6 Å². The topological polar surface area (TPSA) is 127 Å². The third-order valence-electron chi connectivity index (χ3n) is 10.5. The van der Waals surface area contributed by atoms with Gasteiger partial charge in [-0.25, -0.2) is 9.18 Å². The molecule has 0 unspecified atom stereocenters. The molecule has 3 aromatic heterocycles. The largest absolute Gasteiger partial charge is 0.495 e. The minimum Gasteiger partial charge on any atom is -0.495 e. The molecule has 0 aliphatic rings. The highest BCUT2D eigenvalue weighted by Gasteiger charge is 2.40. The van der Waals surface area contributed by atoms with Gasteiger partial charge in [-0.15, -0.1) is 10.2 Å². The number of ether oxygens (including phenoxy) is 3. The number of methoxy groups -OCH3 is 2. The highest BCUT2D eigenvalue weighted by molar-refractivity contribution is 5.96. The minimum absolute atomic E-state index is 0.0149. The van der Waals surface area contributed by atoms with Crippen LogP contribution < -0.4 is 25.2 Å². The van der Waals surface area contributed by atoms with Crippen LogP contribution in [-0.4, -0.2) is 49.0 Å². The van der Waals surface area contributed by atoms with Crippen molar-refractivity contribution in [3.05, 3.63) is 184 Å². The Morgan fingerprint density at radius 1 is 0.790 bits per heavy atom. The summed E-state index contributed by atoms with van der Waals surface area (Å²) < 4.78 is 80.8. The molecule has 0 radical (unpaired) electrons. The number of rotatable bonds is 13. The number of imidazole rings is 1. The maximum atomic E-state index is 16.5. The number of alkyl halides is 3. The molecule has 0 fully saturated rings.